The Morgan fingerprint density at radius 1 is 0.757 bits per heavy atom. The lowest BCUT2D eigenvalue weighted by Gasteiger charge is -2.28. The number of thiol groups is 2. The highest BCUT2D eigenvalue weighted by Crippen LogP contribution is 2.24. The quantitative estimate of drug-likeness (QED) is 0.182. The van der Waals surface area contributed by atoms with E-state index in [1.807, 2.05) is 27.7 Å². The largest absolute Gasteiger partial charge is 0.457 e. The van der Waals surface area contributed by atoms with Crippen LogP contribution in [0.5, 0.6) is 11.5 Å². The minimum Gasteiger partial charge on any atom is -0.457 e. The topological polar surface area (TPSA) is 73.9 Å². The molecule has 0 saturated heterocycles. The molecule has 0 bridgehead atoms. The summed E-state index contributed by atoms with van der Waals surface area (Å²) < 4.78 is 6.68. The van der Waals surface area contributed by atoms with Crippen molar-refractivity contribution in [2.45, 2.75) is 52.6 Å². The molecular formula is C26H34N4O3S4. The number of carbonyl (C=O) groups excluding carboxylic acids is 2. The molecule has 11 heteroatoms. The number of thiocarbonyl (C=S) groups is 2. The monoisotopic (exact) mass is 578 g/mol. The highest BCUT2D eigenvalue weighted by Gasteiger charge is 2.18. The molecule has 0 fully saturated rings. The highest BCUT2D eigenvalue weighted by atomic mass is 32.1. The van der Waals surface area contributed by atoms with Crippen molar-refractivity contribution >= 4 is 81.5 Å². The van der Waals surface area contributed by atoms with Gasteiger partial charge in [0, 0.05) is 23.5 Å². The lowest BCUT2D eigenvalue weighted by Crippen LogP contribution is -2.40. The van der Waals surface area contributed by atoms with E-state index in [1.165, 1.54) is 0 Å². The molecule has 0 aliphatic rings. The van der Waals surface area contributed by atoms with Gasteiger partial charge in [0.15, 0.2) is 0 Å². The van der Waals surface area contributed by atoms with Crippen LogP contribution in [-0.2, 0) is 9.59 Å². The molecule has 2 aromatic carbocycles. The SMILES string of the molecule is CCC(C)N(CC(=O)Nc1ccc(Oc2ccc(NC(=O)CN(C(=S)S)C(C)CC)cc2)cc1)C(=S)S. The lowest BCUT2D eigenvalue weighted by molar-refractivity contribution is -0.117. The van der Waals surface area contributed by atoms with Crippen molar-refractivity contribution in [2.24, 2.45) is 0 Å². The fourth-order valence-corrected chi connectivity index (χ4v) is 4.35. The maximum Gasteiger partial charge on any atom is 0.243 e. The van der Waals surface area contributed by atoms with Crippen molar-refractivity contribution in [3.05, 3.63) is 48.5 Å². The van der Waals surface area contributed by atoms with Gasteiger partial charge in [-0.05, 0) is 75.2 Å². The molecule has 0 heterocycles. The van der Waals surface area contributed by atoms with Gasteiger partial charge in [-0.15, -0.1) is 25.3 Å². The van der Waals surface area contributed by atoms with Crippen molar-refractivity contribution in [3.8, 4) is 11.5 Å². The van der Waals surface area contributed by atoms with Crippen molar-refractivity contribution in [1.82, 2.24) is 9.80 Å². The Kier molecular flexibility index (Phi) is 12.7. The molecule has 0 saturated carbocycles. The maximum absolute atomic E-state index is 12.5. The Balaban J connectivity index is 1.91. The molecule has 2 aromatic rings. The number of rotatable bonds is 12. The normalized spacial score (nSPS) is 12.2. The zero-order valence-corrected chi connectivity index (χ0v) is 24.9. The lowest BCUT2D eigenvalue weighted by atomic mass is 10.2. The van der Waals surface area contributed by atoms with Gasteiger partial charge in [-0.2, -0.15) is 0 Å². The van der Waals surface area contributed by atoms with E-state index in [4.69, 9.17) is 29.2 Å². The minimum atomic E-state index is -0.175. The number of ether oxygens (including phenoxy) is 1. The molecular weight excluding hydrogens is 545 g/mol. The summed E-state index contributed by atoms with van der Waals surface area (Å²) in [7, 11) is 0. The second kappa shape index (κ2) is 15.2. The van der Waals surface area contributed by atoms with Crippen LogP contribution in [0.2, 0.25) is 0 Å². The number of hydrogen-bond acceptors (Lipinski definition) is 5. The van der Waals surface area contributed by atoms with Crippen LogP contribution in [-0.4, -0.2) is 55.4 Å². The number of nitrogens with zero attached hydrogens (tertiary/aromatic N) is 2. The van der Waals surface area contributed by atoms with Crippen LogP contribution in [0.4, 0.5) is 11.4 Å². The molecule has 2 rings (SSSR count). The van der Waals surface area contributed by atoms with Crippen LogP contribution in [0.3, 0.4) is 0 Å². The summed E-state index contributed by atoms with van der Waals surface area (Å²) in [5.41, 5.74) is 1.30. The van der Waals surface area contributed by atoms with Gasteiger partial charge in [0.25, 0.3) is 0 Å². The smallest absolute Gasteiger partial charge is 0.243 e. The van der Waals surface area contributed by atoms with E-state index in [9.17, 15) is 9.59 Å². The first-order valence-electron chi connectivity index (χ1n) is 12.0. The van der Waals surface area contributed by atoms with Crippen LogP contribution in [0.1, 0.15) is 40.5 Å². The Hall–Kier alpha value is -2.34. The molecule has 2 N–H and O–H groups in total. The van der Waals surface area contributed by atoms with E-state index in [-0.39, 0.29) is 37.0 Å². The van der Waals surface area contributed by atoms with Gasteiger partial charge in [-0.3, -0.25) is 9.59 Å². The molecule has 0 radical (unpaired) electrons. The van der Waals surface area contributed by atoms with Crippen LogP contribution in [0, 0.1) is 0 Å². The number of carbonyl (C=O) groups is 2. The van der Waals surface area contributed by atoms with Gasteiger partial charge in [-0.25, -0.2) is 0 Å². The van der Waals surface area contributed by atoms with Gasteiger partial charge in [0.1, 0.15) is 20.1 Å². The van der Waals surface area contributed by atoms with Crippen molar-refractivity contribution in [2.75, 3.05) is 23.7 Å². The zero-order chi connectivity index (χ0) is 27.5. The van der Waals surface area contributed by atoms with Gasteiger partial charge >= 0.3 is 0 Å². The van der Waals surface area contributed by atoms with E-state index >= 15 is 0 Å². The minimum absolute atomic E-state index is 0.122. The molecule has 2 amide bonds. The highest BCUT2D eigenvalue weighted by molar-refractivity contribution is 8.11. The third-order valence-corrected chi connectivity index (χ3v) is 6.86. The first-order valence-corrected chi connectivity index (χ1v) is 13.7. The second-order valence-electron chi connectivity index (χ2n) is 8.58. The van der Waals surface area contributed by atoms with Crippen molar-refractivity contribution in [3.63, 3.8) is 0 Å². The van der Waals surface area contributed by atoms with E-state index in [1.54, 1.807) is 58.3 Å². The fourth-order valence-electron chi connectivity index (χ4n) is 3.32. The van der Waals surface area contributed by atoms with Crippen molar-refractivity contribution in [1.29, 1.82) is 0 Å². The van der Waals surface area contributed by atoms with Gasteiger partial charge in [0.2, 0.25) is 11.8 Å². The fraction of sp³-hybridized carbons (Fsp3) is 0.385. The van der Waals surface area contributed by atoms with Crippen LogP contribution in [0.25, 0.3) is 0 Å². The summed E-state index contributed by atoms with van der Waals surface area (Å²) in [4.78, 5) is 28.5. The molecule has 0 spiro atoms. The predicted octanol–water partition coefficient (Wildman–Crippen LogP) is 5.99. The molecule has 0 aliphatic heterocycles. The Morgan fingerprint density at radius 3 is 1.35 bits per heavy atom. The molecule has 2 unspecified atom stereocenters. The van der Waals surface area contributed by atoms with Crippen LogP contribution in [0.15, 0.2) is 48.5 Å². The Labute approximate surface area is 241 Å². The molecule has 0 aliphatic carbocycles. The van der Waals surface area contributed by atoms with Crippen LogP contribution >= 0.6 is 49.7 Å². The predicted molar refractivity (Wildman–Crippen MR) is 166 cm³/mol. The summed E-state index contributed by atoms with van der Waals surface area (Å²) in [5.74, 6) is 0.871. The molecule has 37 heavy (non-hydrogen) atoms. The molecule has 200 valence electrons. The average molecular weight is 579 g/mol. The van der Waals surface area contributed by atoms with E-state index in [0.29, 0.717) is 31.5 Å². The Bertz CT molecular complexity index is 995. The third kappa shape index (κ3) is 10.1. The van der Waals surface area contributed by atoms with E-state index in [2.05, 4.69) is 35.9 Å². The van der Waals surface area contributed by atoms with E-state index in [0.717, 1.165) is 12.8 Å². The van der Waals surface area contributed by atoms with Gasteiger partial charge < -0.3 is 25.2 Å². The number of benzene rings is 2. The van der Waals surface area contributed by atoms with Gasteiger partial charge in [0.05, 0.1) is 13.1 Å². The summed E-state index contributed by atoms with van der Waals surface area (Å²) in [6.45, 7) is 8.34. The maximum atomic E-state index is 12.5. The number of anilines is 2. The summed E-state index contributed by atoms with van der Waals surface area (Å²) >= 11 is 18.8. The molecule has 7 nitrogen and oxygen atoms in total. The summed E-state index contributed by atoms with van der Waals surface area (Å²) in [5, 5.41) is 5.74. The van der Waals surface area contributed by atoms with Gasteiger partial charge in [-0.1, -0.05) is 38.3 Å². The zero-order valence-electron chi connectivity index (χ0n) is 21.4. The number of hydrogen-bond donors (Lipinski definition) is 4. The number of nitrogens with one attached hydrogen (secondary N) is 2. The van der Waals surface area contributed by atoms with Crippen molar-refractivity contribution < 1.29 is 14.3 Å². The summed E-state index contributed by atoms with van der Waals surface area (Å²) in [6.07, 6.45) is 1.71. The number of amides is 2. The second-order valence-corrected chi connectivity index (χ2v) is 10.8. The Morgan fingerprint density at radius 2 is 1.08 bits per heavy atom. The first-order chi connectivity index (χ1) is 17.5. The standard InChI is InChI=1S/C26H34N4O3S4/c1-5-17(3)29(25(34)35)15-23(31)27-19-7-11-21(12-8-19)33-22-13-9-20(10-14-22)28-24(32)16-30(26(36)37)18(4)6-2/h7-14,17-18H,5-6,15-16H2,1-4H3,(H,27,31)(H,28,32)(H,34,35)(H,36,37). The average Bonchev–Trinajstić information content (AvgIpc) is 2.87. The molecule has 2 atom stereocenters. The van der Waals surface area contributed by atoms with Crippen LogP contribution < -0.4 is 15.4 Å². The summed E-state index contributed by atoms with van der Waals surface area (Å²) in [6, 6.07) is 14.4. The third-order valence-electron chi connectivity index (χ3n) is 5.88. The first kappa shape index (κ1) is 30.9. The molecule has 0 aromatic heterocycles. The van der Waals surface area contributed by atoms with E-state index < -0.39 is 0 Å².